The van der Waals surface area contributed by atoms with Gasteiger partial charge in [-0.25, -0.2) is 4.98 Å². The van der Waals surface area contributed by atoms with Crippen molar-refractivity contribution in [3.05, 3.63) is 23.9 Å². The summed E-state index contributed by atoms with van der Waals surface area (Å²) in [6.45, 7) is 4.23. The fourth-order valence-corrected chi connectivity index (χ4v) is 1.79. The fraction of sp³-hybridized carbons (Fsp3) is 0.545. The smallest absolute Gasteiger partial charge is 0.126 e. The molecule has 1 atom stereocenters. The van der Waals surface area contributed by atoms with Gasteiger partial charge < -0.3 is 10.6 Å². The van der Waals surface area contributed by atoms with Crippen LogP contribution in [0.25, 0.3) is 0 Å². The van der Waals surface area contributed by atoms with Gasteiger partial charge in [0.15, 0.2) is 0 Å². The van der Waals surface area contributed by atoms with Crippen molar-refractivity contribution in [3.8, 4) is 0 Å². The highest BCUT2D eigenvalue weighted by Crippen LogP contribution is 2.08. The Balaban J connectivity index is 1.85. The molecule has 0 saturated carbocycles. The summed E-state index contributed by atoms with van der Waals surface area (Å²) in [5.41, 5.74) is 1.25. The molecule has 3 nitrogen and oxygen atoms in total. The number of aromatic nitrogens is 1. The van der Waals surface area contributed by atoms with Crippen molar-refractivity contribution < 1.29 is 0 Å². The van der Waals surface area contributed by atoms with Gasteiger partial charge in [-0.1, -0.05) is 0 Å². The molecule has 14 heavy (non-hydrogen) atoms. The van der Waals surface area contributed by atoms with Gasteiger partial charge in [0.25, 0.3) is 0 Å². The first-order valence-electron chi connectivity index (χ1n) is 5.24. The van der Waals surface area contributed by atoms with E-state index >= 15 is 0 Å². The van der Waals surface area contributed by atoms with Crippen LogP contribution >= 0.6 is 0 Å². The highest BCUT2D eigenvalue weighted by atomic mass is 15.0. The summed E-state index contributed by atoms with van der Waals surface area (Å²) < 4.78 is 0. The second kappa shape index (κ2) is 4.42. The van der Waals surface area contributed by atoms with Crippen LogP contribution in [0.4, 0.5) is 5.82 Å². The van der Waals surface area contributed by atoms with Gasteiger partial charge in [0.2, 0.25) is 0 Å². The van der Waals surface area contributed by atoms with Crippen molar-refractivity contribution in [2.24, 2.45) is 0 Å². The van der Waals surface area contributed by atoms with E-state index in [9.17, 15) is 0 Å². The third-order valence-electron chi connectivity index (χ3n) is 2.61. The van der Waals surface area contributed by atoms with Crippen molar-refractivity contribution in [3.63, 3.8) is 0 Å². The van der Waals surface area contributed by atoms with Gasteiger partial charge in [-0.05, 0) is 44.0 Å². The monoisotopic (exact) mass is 191 g/mol. The van der Waals surface area contributed by atoms with E-state index in [1.54, 1.807) is 0 Å². The van der Waals surface area contributed by atoms with Gasteiger partial charge in [0.1, 0.15) is 5.82 Å². The Labute approximate surface area is 84.9 Å². The Morgan fingerprint density at radius 2 is 2.57 bits per heavy atom. The molecule has 1 aliphatic heterocycles. The molecule has 0 bridgehead atoms. The lowest BCUT2D eigenvalue weighted by Crippen LogP contribution is -2.29. The summed E-state index contributed by atoms with van der Waals surface area (Å²) in [4.78, 5) is 4.26. The minimum absolute atomic E-state index is 0.623. The molecule has 2 heterocycles. The normalized spacial score (nSPS) is 21.1. The topological polar surface area (TPSA) is 37.0 Å². The molecular formula is C11H17N3. The van der Waals surface area contributed by atoms with Gasteiger partial charge in [-0.2, -0.15) is 0 Å². The molecule has 1 aromatic rings. The molecule has 2 rings (SSSR count). The zero-order valence-corrected chi connectivity index (χ0v) is 8.59. The van der Waals surface area contributed by atoms with Crippen molar-refractivity contribution in [2.45, 2.75) is 25.8 Å². The average Bonchev–Trinajstić information content (AvgIpc) is 2.67. The Bertz CT molecular complexity index is 292. The molecule has 76 valence electrons. The van der Waals surface area contributed by atoms with E-state index in [0.717, 1.165) is 18.9 Å². The van der Waals surface area contributed by atoms with Crippen LogP contribution in [0.2, 0.25) is 0 Å². The summed E-state index contributed by atoms with van der Waals surface area (Å²) in [7, 11) is 0. The maximum absolute atomic E-state index is 4.26. The molecule has 1 saturated heterocycles. The quantitative estimate of drug-likeness (QED) is 0.761. The molecule has 0 aromatic carbocycles. The van der Waals surface area contributed by atoms with Crippen LogP contribution in [-0.2, 0) is 0 Å². The van der Waals surface area contributed by atoms with Crippen LogP contribution in [0, 0.1) is 6.92 Å². The maximum Gasteiger partial charge on any atom is 0.126 e. The number of anilines is 1. The van der Waals surface area contributed by atoms with E-state index in [2.05, 4.69) is 28.6 Å². The lowest BCUT2D eigenvalue weighted by molar-refractivity contribution is 0.632. The van der Waals surface area contributed by atoms with E-state index < -0.39 is 0 Å². The molecule has 1 fully saturated rings. The zero-order valence-electron chi connectivity index (χ0n) is 8.59. The minimum atomic E-state index is 0.623. The van der Waals surface area contributed by atoms with E-state index in [0.29, 0.717) is 6.04 Å². The molecule has 0 radical (unpaired) electrons. The van der Waals surface area contributed by atoms with E-state index in [1.165, 1.54) is 18.4 Å². The van der Waals surface area contributed by atoms with Crippen molar-refractivity contribution in [1.82, 2.24) is 10.3 Å². The molecule has 1 aliphatic rings. The molecular weight excluding hydrogens is 174 g/mol. The summed E-state index contributed by atoms with van der Waals surface area (Å²) in [5, 5.41) is 6.80. The Morgan fingerprint density at radius 3 is 3.29 bits per heavy atom. The number of aryl methyl sites for hydroxylation is 1. The number of hydrogen-bond acceptors (Lipinski definition) is 3. The summed E-state index contributed by atoms with van der Waals surface area (Å²) >= 11 is 0. The average molecular weight is 191 g/mol. The summed E-state index contributed by atoms with van der Waals surface area (Å²) in [6, 6.07) is 4.71. The first kappa shape index (κ1) is 9.46. The number of pyridine rings is 1. The number of nitrogens with zero attached hydrogens (tertiary/aromatic N) is 1. The first-order valence-corrected chi connectivity index (χ1v) is 5.24. The van der Waals surface area contributed by atoms with Gasteiger partial charge >= 0.3 is 0 Å². The third-order valence-corrected chi connectivity index (χ3v) is 2.61. The van der Waals surface area contributed by atoms with E-state index in [4.69, 9.17) is 0 Å². The van der Waals surface area contributed by atoms with Crippen LogP contribution in [0.5, 0.6) is 0 Å². The summed E-state index contributed by atoms with van der Waals surface area (Å²) in [6.07, 6.45) is 4.42. The number of nitrogens with one attached hydrogen (secondary N) is 2. The zero-order chi connectivity index (χ0) is 9.80. The van der Waals surface area contributed by atoms with Crippen molar-refractivity contribution in [2.75, 3.05) is 18.4 Å². The molecule has 2 N–H and O–H groups in total. The van der Waals surface area contributed by atoms with Crippen LogP contribution < -0.4 is 10.6 Å². The SMILES string of the molecule is Cc1ccnc(NCC2CCCN2)c1. The predicted octanol–water partition coefficient (Wildman–Crippen LogP) is 1.55. The highest BCUT2D eigenvalue weighted by Gasteiger charge is 2.13. The van der Waals surface area contributed by atoms with Crippen molar-refractivity contribution in [1.29, 1.82) is 0 Å². The Kier molecular flexibility index (Phi) is 2.99. The van der Waals surface area contributed by atoms with Gasteiger partial charge in [0, 0.05) is 18.8 Å². The molecule has 0 aliphatic carbocycles. The van der Waals surface area contributed by atoms with Gasteiger partial charge in [0.05, 0.1) is 0 Å². The number of hydrogen-bond donors (Lipinski definition) is 2. The van der Waals surface area contributed by atoms with Crippen LogP contribution in [0.3, 0.4) is 0 Å². The molecule has 1 unspecified atom stereocenters. The highest BCUT2D eigenvalue weighted by molar-refractivity contribution is 5.37. The second-order valence-electron chi connectivity index (χ2n) is 3.89. The minimum Gasteiger partial charge on any atom is -0.369 e. The van der Waals surface area contributed by atoms with E-state index in [-0.39, 0.29) is 0 Å². The lowest BCUT2D eigenvalue weighted by Gasteiger charge is -2.11. The fourth-order valence-electron chi connectivity index (χ4n) is 1.79. The largest absolute Gasteiger partial charge is 0.369 e. The van der Waals surface area contributed by atoms with Crippen molar-refractivity contribution >= 4 is 5.82 Å². The predicted molar refractivity (Wildman–Crippen MR) is 58.5 cm³/mol. The van der Waals surface area contributed by atoms with E-state index in [1.807, 2.05) is 12.3 Å². The second-order valence-corrected chi connectivity index (χ2v) is 3.89. The van der Waals surface area contributed by atoms with Crippen LogP contribution in [0.1, 0.15) is 18.4 Å². The first-order chi connectivity index (χ1) is 6.84. The van der Waals surface area contributed by atoms with Gasteiger partial charge in [-0.15, -0.1) is 0 Å². The lowest BCUT2D eigenvalue weighted by atomic mass is 10.2. The standard InChI is InChI=1S/C11H17N3/c1-9-4-6-13-11(7-9)14-8-10-3-2-5-12-10/h4,6-7,10,12H,2-3,5,8H2,1H3,(H,13,14). The third kappa shape index (κ3) is 2.45. The summed E-state index contributed by atoms with van der Waals surface area (Å²) in [5.74, 6) is 0.985. The molecule has 1 aromatic heterocycles. The van der Waals surface area contributed by atoms with Crippen LogP contribution in [0.15, 0.2) is 18.3 Å². The molecule has 0 amide bonds. The maximum atomic E-state index is 4.26. The van der Waals surface area contributed by atoms with Gasteiger partial charge in [-0.3, -0.25) is 0 Å². The molecule has 3 heteroatoms. The van der Waals surface area contributed by atoms with Crippen LogP contribution in [-0.4, -0.2) is 24.1 Å². The Morgan fingerprint density at radius 1 is 1.64 bits per heavy atom. The Hall–Kier alpha value is -1.09. The molecule has 0 spiro atoms. The number of rotatable bonds is 3.